The van der Waals surface area contributed by atoms with E-state index in [-0.39, 0.29) is 17.0 Å². The summed E-state index contributed by atoms with van der Waals surface area (Å²) in [6, 6.07) is 10.5. The van der Waals surface area contributed by atoms with Gasteiger partial charge in [0.25, 0.3) is 5.91 Å². The predicted molar refractivity (Wildman–Crippen MR) is 87.0 cm³/mol. The van der Waals surface area contributed by atoms with Gasteiger partial charge in [-0.2, -0.15) is 0 Å². The summed E-state index contributed by atoms with van der Waals surface area (Å²) in [4.78, 5) is 25.3. The normalized spacial score (nSPS) is 17.3. The maximum atomic E-state index is 12.7. The standard InChI is InChI=1S/C16H16N2O4S/c1-22-13-7-3-2-5-11(13)12-6-4-10-17(12)16(19)14-8-9-15(23-14)18(20)21/h2-3,5,7-9,12H,4,6,10H2,1H3. The lowest BCUT2D eigenvalue weighted by atomic mass is 10.0. The van der Waals surface area contributed by atoms with Crippen molar-refractivity contribution in [2.75, 3.05) is 13.7 Å². The van der Waals surface area contributed by atoms with Gasteiger partial charge >= 0.3 is 5.00 Å². The zero-order valence-electron chi connectivity index (χ0n) is 12.6. The molecule has 1 saturated heterocycles. The zero-order chi connectivity index (χ0) is 16.4. The fraction of sp³-hybridized carbons (Fsp3) is 0.312. The third kappa shape index (κ3) is 2.92. The van der Waals surface area contributed by atoms with Crippen molar-refractivity contribution < 1.29 is 14.5 Å². The van der Waals surface area contributed by atoms with Crippen LogP contribution in [0, 0.1) is 10.1 Å². The van der Waals surface area contributed by atoms with Crippen LogP contribution in [0.5, 0.6) is 5.75 Å². The Labute approximate surface area is 137 Å². The molecule has 1 aromatic heterocycles. The quantitative estimate of drug-likeness (QED) is 0.633. The molecule has 1 atom stereocenters. The Morgan fingerprint density at radius 3 is 2.83 bits per heavy atom. The topological polar surface area (TPSA) is 72.7 Å². The molecule has 1 aliphatic rings. The van der Waals surface area contributed by atoms with E-state index in [9.17, 15) is 14.9 Å². The Hall–Kier alpha value is -2.41. The molecule has 6 nitrogen and oxygen atoms in total. The smallest absolute Gasteiger partial charge is 0.324 e. The van der Waals surface area contributed by atoms with Crippen LogP contribution in [0.3, 0.4) is 0 Å². The van der Waals surface area contributed by atoms with E-state index in [0.717, 1.165) is 35.5 Å². The summed E-state index contributed by atoms with van der Waals surface area (Å²) in [5.74, 6) is 0.603. The molecule has 1 aliphatic heterocycles. The van der Waals surface area contributed by atoms with Gasteiger partial charge in [0, 0.05) is 18.2 Å². The number of carbonyl (C=O) groups excluding carboxylic acids is 1. The third-order valence-electron chi connectivity index (χ3n) is 3.99. The number of hydrogen-bond acceptors (Lipinski definition) is 5. The molecular weight excluding hydrogens is 316 g/mol. The number of nitrogens with zero attached hydrogens (tertiary/aromatic N) is 2. The molecule has 0 saturated carbocycles. The molecule has 3 rings (SSSR count). The van der Waals surface area contributed by atoms with Gasteiger partial charge in [0.15, 0.2) is 0 Å². The summed E-state index contributed by atoms with van der Waals surface area (Å²) < 4.78 is 5.40. The fourth-order valence-electron chi connectivity index (χ4n) is 2.96. The first-order chi connectivity index (χ1) is 11.1. The summed E-state index contributed by atoms with van der Waals surface area (Å²) in [5, 5.41) is 10.8. The monoisotopic (exact) mass is 332 g/mol. The number of hydrogen-bond donors (Lipinski definition) is 0. The lowest BCUT2D eigenvalue weighted by Crippen LogP contribution is -2.30. The highest BCUT2D eigenvalue weighted by molar-refractivity contribution is 7.17. The van der Waals surface area contributed by atoms with E-state index in [2.05, 4.69) is 0 Å². The van der Waals surface area contributed by atoms with Crippen LogP contribution in [0.15, 0.2) is 36.4 Å². The maximum absolute atomic E-state index is 12.7. The van der Waals surface area contributed by atoms with Gasteiger partial charge in [-0.25, -0.2) is 0 Å². The zero-order valence-corrected chi connectivity index (χ0v) is 13.4. The number of para-hydroxylation sites is 1. The van der Waals surface area contributed by atoms with Crippen molar-refractivity contribution in [3.05, 3.63) is 57.0 Å². The molecule has 1 fully saturated rings. The molecule has 1 unspecified atom stereocenters. The molecular formula is C16H16N2O4S. The lowest BCUT2D eigenvalue weighted by molar-refractivity contribution is -0.380. The Bertz CT molecular complexity index is 743. The van der Waals surface area contributed by atoms with E-state index >= 15 is 0 Å². The van der Waals surface area contributed by atoms with Crippen molar-refractivity contribution in [1.82, 2.24) is 4.90 Å². The fourth-order valence-corrected chi connectivity index (χ4v) is 3.73. The first-order valence-corrected chi connectivity index (χ1v) is 8.11. The van der Waals surface area contributed by atoms with Gasteiger partial charge in [0.2, 0.25) is 0 Å². The van der Waals surface area contributed by atoms with Crippen molar-refractivity contribution in [3.63, 3.8) is 0 Å². The average molecular weight is 332 g/mol. The number of benzene rings is 1. The highest BCUT2D eigenvalue weighted by Gasteiger charge is 2.33. The van der Waals surface area contributed by atoms with Gasteiger partial charge in [-0.15, -0.1) is 0 Å². The van der Waals surface area contributed by atoms with E-state index < -0.39 is 4.92 Å². The average Bonchev–Trinajstić information content (AvgIpc) is 3.23. The number of thiophene rings is 1. The second kappa shape index (κ2) is 6.37. The first kappa shape index (κ1) is 15.5. The second-order valence-corrected chi connectivity index (χ2v) is 6.36. The molecule has 0 spiro atoms. The molecule has 2 heterocycles. The Balaban J connectivity index is 1.88. The third-order valence-corrected chi connectivity index (χ3v) is 5.02. The van der Waals surface area contributed by atoms with Crippen molar-refractivity contribution in [1.29, 1.82) is 0 Å². The second-order valence-electron chi connectivity index (χ2n) is 5.29. The minimum atomic E-state index is -0.469. The molecule has 0 N–H and O–H groups in total. The Morgan fingerprint density at radius 1 is 1.35 bits per heavy atom. The number of amides is 1. The van der Waals surface area contributed by atoms with E-state index in [1.165, 1.54) is 12.1 Å². The highest BCUT2D eigenvalue weighted by atomic mass is 32.1. The SMILES string of the molecule is COc1ccccc1C1CCCN1C(=O)c1ccc([N+](=O)[O-])s1. The van der Waals surface area contributed by atoms with Gasteiger partial charge in [-0.3, -0.25) is 14.9 Å². The van der Waals surface area contributed by atoms with Crippen LogP contribution in [0.1, 0.15) is 34.1 Å². The van der Waals surface area contributed by atoms with Crippen LogP contribution in [-0.4, -0.2) is 29.4 Å². The van der Waals surface area contributed by atoms with E-state index in [1.807, 2.05) is 24.3 Å². The summed E-state index contributed by atoms with van der Waals surface area (Å²) in [5.41, 5.74) is 0.979. The van der Waals surface area contributed by atoms with Gasteiger partial charge in [-0.05, 0) is 25.0 Å². The predicted octanol–water partition coefficient (Wildman–Crippen LogP) is 3.64. The van der Waals surface area contributed by atoms with Gasteiger partial charge < -0.3 is 9.64 Å². The van der Waals surface area contributed by atoms with Crippen LogP contribution >= 0.6 is 11.3 Å². The Kier molecular flexibility index (Phi) is 4.29. The summed E-state index contributed by atoms with van der Waals surface area (Å²) >= 11 is 0.922. The van der Waals surface area contributed by atoms with E-state index in [0.29, 0.717) is 11.4 Å². The number of likely N-dealkylation sites (tertiary alicyclic amines) is 1. The van der Waals surface area contributed by atoms with Crippen LogP contribution < -0.4 is 4.74 Å². The molecule has 1 amide bonds. The molecule has 2 aromatic rings. The summed E-state index contributed by atoms with van der Waals surface area (Å²) in [6.07, 6.45) is 1.77. The molecule has 7 heteroatoms. The van der Waals surface area contributed by atoms with E-state index in [1.54, 1.807) is 12.0 Å². The van der Waals surface area contributed by atoms with Crippen molar-refractivity contribution in [2.24, 2.45) is 0 Å². The molecule has 1 aromatic carbocycles. The van der Waals surface area contributed by atoms with Crippen LogP contribution in [-0.2, 0) is 0 Å². The largest absolute Gasteiger partial charge is 0.496 e. The minimum Gasteiger partial charge on any atom is -0.496 e. The molecule has 0 radical (unpaired) electrons. The molecule has 120 valence electrons. The first-order valence-electron chi connectivity index (χ1n) is 7.30. The van der Waals surface area contributed by atoms with Crippen molar-refractivity contribution in [2.45, 2.75) is 18.9 Å². The van der Waals surface area contributed by atoms with Gasteiger partial charge in [-0.1, -0.05) is 29.5 Å². The minimum absolute atomic E-state index is 0.0126. The summed E-state index contributed by atoms with van der Waals surface area (Å²) in [6.45, 7) is 0.646. The number of ether oxygens (including phenoxy) is 1. The number of carbonyl (C=O) groups is 1. The lowest BCUT2D eigenvalue weighted by Gasteiger charge is -2.25. The molecule has 0 aliphatic carbocycles. The number of methoxy groups -OCH3 is 1. The van der Waals surface area contributed by atoms with Crippen LogP contribution in [0.4, 0.5) is 5.00 Å². The summed E-state index contributed by atoms with van der Waals surface area (Å²) in [7, 11) is 1.61. The van der Waals surface area contributed by atoms with Gasteiger partial charge in [0.05, 0.1) is 23.0 Å². The van der Waals surface area contributed by atoms with Crippen molar-refractivity contribution >= 4 is 22.2 Å². The van der Waals surface area contributed by atoms with Crippen LogP contribution in [0.25, 0.3) is 0 Å². The number of rotatable bonds is 4. The Morgan fingerprint density at radius 2 is 2.13 bits per heavy atom. The maximum Gasteiger partial charge on any atom is 0.324 e. The van der Waals surface area contributed by atoms with Gasteiger partial charge in [0.1, 0.15) is 5.75 Å². The van der Waals surface area contributed by atoms with E-state index in [4.69, 9.17) is 4.74 Å². The van der Waals surface area contributed by atoms with Crippen molar-refractivity contribution in [3.8, 4) is 5.75 Å². The molecule has 0 bridgehead atoms. The number of nitro groups is 1. The molecule has 23 heavy (non-hydrogen) atoms. The van der Waals surface area contributed by atoms with Crippen LogP contribution in [0.2, 0.25) is 0 Å². The highest BCUT2D eigenvalue weighted by Crippen LogP contribution is 2.38.